The minimum absolute atomic E-state index is 0.0780. The zero-order valence-electron chi connectivity index (χ0n) is 22.4. The molecule has 0 spiro atoms. The van der Waals surface area contributed by atoms with E-state index in [1.807, 2.05) is 0 Å². The normalized spacial score (nSPS) is 47.9. The van der Waals surface area contributed by atoms with Gasteiger partial charge in [0, 0.05) is 30.6 Å². The second kappa shape index (κ2) is 8.31. The topological polar surface area (TPSA) is 82.1 Å². The molecule has 35 heavy (non-hydrogen) atoms. The van der Waals surface area contributed by atoms with Crippen LogP contribution in [-0.2, 0) is 23.8 Å². The monoisotopic (exact) mass is 488 g/mol. The smallest absolute Gasteiger partial charge is 0.302 e. The van der Waals surface area contributed by atoms with Crippen LogP contribution in [0, 0.1) is 45.3 Å². The van der Waals surface area contributed by atoms with Gasteiger partial charge in [0.25, 0.3) is 0 Å². The van der Waals surface area contributed by atoms with Crippen molar-refractivity contribution in [2.45, 2.75) is 98.9 Å². The van der Waals surface area contributed by atoms with Gasteiger partial charge in [-0.2, -0.15) is 0 Å². The van der Waals surface area contributed by atoms with Crippen molar-refractivity contribution in [2.24, 2.45) is 45.3 Å². The van der Waals surface area contributed by atoms with E-state index in [4.69, 9.17) is 14.2 Å². The summed E-state index contributed by atoms with van der Waals surface area (Å²) in [5, 5.41) is 11.0. The molecule has 4 fully saturated rings. The minimum Gasteiger partial charge on any atom is -0.465 e. The van der Waals surface area contributed by atoms with Crippen molar-refractivity contribution in [3.8, 4) is 0 Å². The van der Waals surface area contributed by atoms with Crippen LogP contribution >= 0.6 is 0 Å². The molecule has 9 atom stereocenters. The van der Waals surface area contributed by atoms with Crippen LogP contribution < -0.4 is 0 Å². The molecule has 5 rings (SSSR count). The van der Waals surface area contributed by atoms with Crippen molar-refractivity contribution in [2.75, 3.05) is 13.2 Å². The van der Waals surface area contributed by atoms with E-state index in [0.717, 1.165) is 37.7 Å². The Bertz CT molecular complexity index is 924. The van der Waals surface area contributed by atoms with Crippen molar-refractivity contribution in [1.29, 1.82) is 0 Å². The van der Waals surface area contributed by atoms with E-state index in [-0.39, 0.29) is 52.0 Å². The van der Waals surface area contributed by atoms with Gasteiger partial charge in [0.05, 0.1) is 13.2 Å². The molecule has 196 valence electrons. The fourth-order valence-corrected chi connectivity index (χ4v) is 10.3. The molecule has 4 aliphatic carbocycles. The molecule has 0 aromatic heterocycles. The van der Waals surface area contributed by atoms with Crippen LogP contribution in [0.4, 0.5) is 0 Å². The van der Waals surface area contributed by atoms with Gasteiger partial charge in [-0.15, -0.1) is 0 Å². The van der Waals surface area contributed by atoms with Gasteiger partial charge in [0.15, 0.2) is 6.29 Å². The number of rotatable bonds is 3. The average Bonchev–Trinajstić information content (AvgIpc) is 3.14. The third-order valence-electron chi connectivity index (χ3n) is 11.5. The van der Waals surface area contributed by atoms with Crippen LogP contribution in [-0.4, -0.2) is 42.7 Å². The predicted octanol–water partition coefficient (Wildman–Crippen LogP) is 5.03. The molecule has 0 bridgehead atoms. The van der Waals surface area contributed by atoms with Crippen LogP contribution in [0.3, 0.4) is 0 Å². The van der Waals surface area contributed by atoms with Gasteiger partial charge in [0.2, 0.25) is 0 Å². The first-order valence-electron chi connectivity index (χ1n) is 13.7. The summed E-state index contributed by atoms with van der Waals surface area (Å²) in [5.41, 5.74) is 0.742. The highest BCUT2D eigenvalue weighted by atomic mass is 16.6. The van der Waals surface area contributed by atoms with Gasteiger partial charge in [-0.05, 0) is 72.7 Å². The SMILES string of the molecule is CC(=O)OC[C@@]12CCC3C(C)(C)CCC[C@]3(C)C1C[C@@H](OC(C)=O)[C@@]1(C)C2CC=C2CO[C@@H](O)[C@@H]21. The molecule has 6 heteroatoms. The van der Waals surface area contributed by atoms with Crippen LogP contribution in [0.5, 0.6) is 0 Å². The molecule has 3 saturated carbocycles. The summed E-state index contributed by atoms with van der Waals surface area (Å²) in [5.74, 6) is 0.239. The van der Waals surface area contributed by atoms with Gasteiger partial charge in [-0.1, -0.05) is 40.2 Å². The fraction of sp³-hybridized carbons (Fsp3) is 0.862. The summed E-state index contributed by atoms with van der Waals surface area (Å²) < 4.78 is 17.8. The molecule has 0 aromatic carbocycles. The van der Waals surface area contributed by atoms with Crippen molar-refractivity contribution in [3.63, 3.8) is 0 Å². The Kier molecular flexibility index (Phi) is 5.99. The number of fused-ring (bicyclic) bond motifs is 7. The molecule has 0 radical (unpaired) electrons. The summed E-state index contributed by atoms with van der Waals surface area (Å²) in [6, 6.07) is 0. The van der Waals surface area contributed by atoms with Crippen LogP contribution in [0.15, 0.2) is 11.6 Å². The number of esters is 2. The summed E-state index contributed by atoms with van der Waals surface area (Å²) in [6.45, 7) is 13.3. The lowest BCUT2D eigenvalue weighted by molar-refractivity contribution is -0.266. The summed E-state index contributed by atoms with van der Waals surface area (Å²) >= 11 is 0. The molecule has 1 aliphatic heterocycles. The standard InChI is InChI=1S/C29H44O6/c1-17(30)34-16-29-13-10-20-26(3,4)11-7-12-27(20,5)22(29)14-23(35-18(2)31)28(6)21(29)9-8-19-15-33-25(32)24(19)28/h8,20-25,32H,7,9-16H2,1-6H3/t20?,21?,22?,23-,24-,25-,27+,28-,29-/m1/s1. The number of allylic oxidation sites excluding steroid dienone is 1. The third-order valence-corrected chi connectivity index (χ3v) is 11.5. The van der Waals surface area contributed by atoms with Crippen LogP contribution in [0.2, 0.25) is 0 Å². The van der Waals surface area contributed by atoms with E-state index in [1.54, 1.807) is 0 Å². The number of aliphatic hydroxyl groups is 1. The van der Waals surface area contributed by atoms with Crippen molar-refractivity contribution >= 4 is 11.9 Å². The van der Waals surface area contributed by atoms with Crippen molar-refractivity contribution < 1.29 is 28.9 Å². The second-order valence-corrected chi connectivity index (χ2v) is 13.5. The molecule has 1 heterocycles. The number of aliphatic hydroxyl groups excluding tert-OH is 1. The molecule has 0 aromatic rings. The zero-order valence-corrected chi connectivity index (χ0v) is 22.4. The first-order valence-corrected chi connectivity index (χ1v) is 13.7. The quantitative estimate of drug-likeness (QED) is 0.443. The molecular weight excluding hydrogens is 444 g/mol. The second-order valence-electron chi connectivity index (χ2n) is 13.5. The lowest BCUT2D eigenvalue weighted by atomic mass is 9.34. The van der Waals surface area contributed by atoms with E-state index in [0.29, 0.717) is 19.1 Å². The summed E-state index contributed by atoms with van der Waals surface area (Å²) in [7, 11) is 0. The fourth-order valence-electron chi connectivity index (χ4n) is 10.3. The molecule has 3 unspecified atom stereocenters. The van der Waals surface area contributed by atoms with Gasteiger partial charge in [-0.3, -0.25) is 9.59 Å². The first-order chi connectivity index (χ1) is 16.4. The average molecular weight is 489 g/mol. The Balaban J connectivity index is 1.67. The molecule has 6 nitrogen and oxygen atoms in total. The van der Waals surface area contributed by atoms with Crippen LogP contribution in [0.25, 0.3) is 0 Å². The van der Waals surface area contributed by atoms with E-state index >= 15 is 0 Å². The largest absolute Gasteiger partial charge is 0.465 e. The predicted molar refractivity (Wildman–Crippen MR) is 131 cm³/mol. The third kappa shape index (κ3) is 3.56. The molecule has 1 N–H and O–H groups in total. The first kappa shape index (κ1) is 25.3. The highest BCUT2D eigenvalue weighted by molar-refractivity contribution is 5.66. The van der Waals surface area contributed by atoms with Gasteiger partial charge < -0.3 is 19.3 Å². The minimum atomic E-state index is -0.907. The van der Waals surface area contributed by atoms with Crippen molar-refractivity contribution in [1.82, 2.24) is 0 Å². The Morgan fingerprint density at radius 2 is 1.80 bits per heavy atom. The summed E-state index contributed by atoms with van der Waals surface area (Å²) in [6.07, 6.45) is 8.31. The Labute approximate surface area is 210 Å². The molecular formula is C29H44O6. The van der Waals surface area contributed by atoms with Crippen LogP contribution in [0.1, 0.15) is 86.5 Å². The van der Waals surface area contributed by atoms with E-state index < -0.39 is 11.7 Å². The number of carbonyl (C=O) groups is 2. The van der Waals surface area contributed by atoms with E-state index in [9.17, 15) is 14.7 Å². The number of hydrogen-bond acceptors (Lipinski definition) is 6. The maximum atomic E-state index is 12.4. The highest BCUT2D eigenvalue weighted by Crippen LogP contribution is 2.74. The van der Waals surface area contributed by atoms with Gasteiger partial charge >= 0.3 is 11.9 Å². The number of hydrogen-bond donors (Lipinski definition) is 1. The Morgan fingerprint density at radius 1 is 1.06 bits per heavy atom. The maximum Gasteiger partial charge on any atom is 0.302 e. The Hall–Kier alpha value is -1.40. The molecule has 5 aliphatic rings. The zero-order chi connectivity index (χ0) is 25.4. The summed E-state index contributed by atoms with van der Waals surface area (Å²) in [4.78, 5) is 24.6. The Morgan fingerprint density at radius 3 is 2.49 bits per heavy atom. The maximum absolute atomic E-state index is 12.4. The lowest BCUT2D eigenvalue weighted by Gasteiger charge is -2.71. The highest BCUT2D eigenvalue weighted by Gasteiger charge is 2.71. The number of ether oxygens (including phenoxy) is 3. The molecule has 0 amide bonds. The number of carbonyl (C=O) groups excluding carboxylic acids is 2. The molecule has 1 saturated heterocycles. The lowest BCUT2D eigenvalue weighted by Crippen LogP contribution is -2.69. The van der Waals surface area contributed by atoms with Gasteiger partial charge in [-0.25, -0.2) is 0 Å². The van der Waals surface area contributed by atoms with E-state index in [1.165, 1.54) is 26.7 Å². The van der Waals surface area contributed by atoms with E-state index in [2.05, 4.69) is 33.8 Å². The van der Waals surface area contributed by atoms with Crippen molar-refractivity contribution in [3.05, 3.63) is 11.6 Å². The van der Waals surface area contributed by atoms with Gasteiger partial charge in [0.1, 0.15) is 6.10 Å².